The number of hydrogen-bond donors (Lipinski definition) is 1. The summed E-state index contributed by atoms with van der Waals surface area (Å²) < 4.78 is 10.6. The van der Waals surface area contributed by atoms with Crippen LogP contribution in [0.3, 0.4) is 0 Å². The molecule has 1 aromatic heterocycles. The van der Waals surface area contributed by atoms with E-state index in [1.54, 1.807) is 17.2 Å². The second-order valence-corrected chi connectivity index (χ2v) is 9.14. The Morgan fingerprint density at radius 3 is 2.50 bits per heavy atom. The van der Waals surface area contributed by atoms with Gasteiger partial charge in [0.05, 0.1) is 19.3 Å². The monoisotopic (exact) mass is 446 g/mol. The van der Waals surface area contributed by atoms with E-state index in [9.17, 15) is 9.59 Å². The molecule has 3 amide bonds. The normalized spacial score (nSPS) is 23.4. The molecular weight excluding hydrogens is 412 g/mol. The Labute approximate surface area is 189 Å². The molecule has 10 heteroatoms. The number of nitrogens with one attached hydrogen (secondary N) is 1. The average molecular weight is 447 g/mol. The lowest BCUT2D eigenvalue weighted by Crippen LogP contribution is -2.51. The molecule has 0 spiro atoms. The number of rotatable bonds is 5. The topological polar surface area (TPSA) is 100 Å². The Morgan fingerprint density at radius 1 is 1.12 bits per heavy atom. The van der Waals surface area contributed by atoms with Gasteiger partial charge in [-0.25, -0.2) is 14.6 Å². The number of carbonyl (C=O) groups is 2. The number of carbonyl (C=O) groups excluding carboxylic acids is 2. The van der Waals surface area contributed by atoms with Gasteiger partial charge in [-0.1, -0.05) is 13.8 Å². The van der Waals surface area contributed by atoms with Crippen molar-refractivity contribution in [3.63, 3.8) is 0 Å². The Morgan fingerprint density at radius 2 is 1.81 bits per heavy atom. The van der Waals surface area contributed by atoms with Crippen molar-refractivity contribution in [2.45, 2.75) is 45.7 Å². The smallest absolute Gasteiger partial charge is 0.415 e. The van der Waals surface area contributed by atoms with Crippen molar-refractivity contribution in [3.8, 4) is 0 Å². The molecule has 3 aliphatic rings. The fourth-order valence-electron chi connectivity index (χ4n) is 4.61. The molecule has 0 saturated carbocycles. The third-order valence-electron chi connectivity index (χ3n) is 6.72. The van der Waals surface area contributed by atoms with Crippen molar-refractivity contribution < 1.29 is 19.1 Å². The van der Waals surface area contributed by atoms with Crippen LogP contribution < -0.4 is 10.2 Å². The molecule has 1 aromatic rings. The minimum Gasteiger partial charge on any atom is -0.447 e. The summed E-state index contributed by atoms with van der Waals surface area (Å²) in [6.07, 6.45) is 3.17. The maximum absolute atomic E-state index is 12.7. The van der Waals surface area contributed by atoms with E-state index >= 15 is 0 Å². The number of cyclic esters (lactones) is 1. The van der Waals surface area contributed by atoms with Gasteiger partial charge in [0.1, 0.15) is 12.4 Å². The lowest BCUT2D eigenvalue weighted by Gasteiger charge is -2.38. The lowest BCUT2D eigenvalue weighted by atomic mass is 9.90. The number of anilines is 2. The number of nitrogens with zero attached hydrogens (tertiary/aromatic N) is 5. The maximum atomic E-state index is 12.7. The molecule has 0 radical (unpaired) electrons. The van der Waals surface area contributed by atoms with E-state index in [1.165, 1.54) is 0 Å². The van der Waals surface area contributed by atoms with Crippen LogP contribution in [-0.2, 0) is 9.47 Å². The molecule has 2 atom stereocenters. The maximum Gasteiger partial charge on any atom is 0.415 e. The summed E-state index contributed by atoms with van der Waals surface area (Å²) in [5.41, 5.74) is 0. The molecule has 4 heterocycles. The van der Waals surface area contributed by atoms with Gasteiger partial charge in [-0.05, 0) is 37.7 Å². The minimum absolute atomic E-state index is 0.0315. The third-order valence-corrected chi connectivity index (χ3v) is 6.72. The summed E-state index contributed by atoms with van der Waals surface area (Å²) in [5, 5.41) is 3.41. The summed E-state index contributed by atoms with van der Waals surface area (Å²) in [5.74, 6) is 1.74. The van der Waals surface area contributed by atoms with Gasteiger partial charge in [-0.2, -0.15) is 4.98 Å². The minimum atomic E-state index is -0.362. The van der Waals surface area contributed by atoms with Gasteiger partial charge in [0.15, 0.2) is 0 Å². The number of ether oxygens (including phenoxy) is 2. The number of likely N-dealkylation sites (tertiary alicyclic amines) is 1. The summed E-state index contributed by atoms with van der Waals surface area (Å²) in [6.45, 7) is 10.7. The molecule has 3 saturated heterocycles. The highest BCUT2D eigenvalue weighted by molar-refractivity contribution is 5.89. The van der Waals surface area contributed by atoms with Crippen LogP contribution in [0.15, 0.2) is 12.3 Å². The third kappa shape index (κ3) is 4.90. The van der Waals surface area contributed by atoms with E-state index in [0.717, 1.165) is 25.9 Å². The molecule has 0 aliphatic carbocycles. The van der Waals surface area contributed by atoms with Gasteiger partial charge in [0, 0.05) is 38.4 Å². The van der Waals surface area contributed by atoms with Crippen molar-refractivity contribution in [1.82, 2.24) is 19.8 Å². The van der Waals surface area contributed by atoms with Crippen LogP contribution in [0.1, 0.15) is 33.6 Å². The van der Waals surface area contributed by atoms with Gasteiger partial charge >= 0.3 is 12.1 Å². The Bertz CT molecular complexity index is 807. The second-order valence-electron chi connectivity index (χ2n) is 9.14. The first-order valence-corrected chi connectivity index (χ1v) is 11.6. The fraction of sp³-hybridized carbons (Fsp3) is 0.727. The predicted molar refractivity (Wildman–Crippen MR) is 120 cm³/mol. The second kappa shape index (κ2) is 9.89. The van der Waals surface area contributed by atoms with E-state index in [4.69, 9.17) is 9.47 Å². The van der Waals surface area contributed by atoms with Gasteiger partial charge in [0.25, 0.3) is 0 Å². The zero-order chi connectivity index (χ0) is 22.7. The number of hydrogen-bond acceptors (Lipinski definition) is 7. The molecule has 3 fully saturated rings. The Kier molecular flexibility index (Phi) is 6.98. The first-order chi connectivity index (χ1) is 15.4. The number of aromatic nitrogens is 2. The van der Waals surface area contributed by atoms with Crippen LogP contribution in [0.4, 0.5) is 21.4 Å². The van der Waals surface area contributed by atoms with Crippen molar-refractivity contribution >= 4 is 23.9 Å². The van der Waals surface area contributed by atoms with Crippen molar-refractivity contribution in [2.24, 2.45) is 11.8 Å². The summed E-state index contributed by atoms with van der Waals surface area (Å²) >= 11 is 0. The van der Waals surface area contributed by atoms with Crippen LogP contribution in [-0.4, -0.2) is 90.0 Å². The lowest BCUT2D eigenvalue weighted by molar-refractivity contribution is 0.0398. The van der Waals surface area contributed by atoms with E-state index in [2.05, 4.69) is 36.1 Å². The molecule has 1 unspecified atom stereocenters. The summed E-state index contributed by atoms with van der Waals surface area (Å²) in [7, 11) is 0. The zero-order valence-electron chi connectivity index (χ0n) is 19.2. The first-order valence-electron chi connectivity index (χ1n) is 11.6. The molecule has 4 rings (SSSR count). The zero-order valence-corrected chi connectivity index (χ0v) is 19.2. The average Bonchev–Trinajstić information content (AvgIpc) is 3.21. The highest BCUT2D eigenvalue weighted by Crippen LogP contribution is 2.27. The molecule has 1 N–H and O–H groups in total. The van der Waals surface area contributed by atoms with Gasteiger partial charge < -0.3 is 24.6 Å². The van der Waals surface area contributed by atoms with E-state index < -0.39 is 0 Å². The SMILES string of the molecule is CC(C)C1COC(=O)N1c1ccnc(N[C@@H](C)C2CCN(C(=O)N3CCOCC3)CC2)n1. The van der Waals surface area contributed by atoms with Crippen LogP contribution in [0, 0.1) is 11.8 Å². The fourth-order valence-corrected chi connectivity index (χ4v) is 4.61. The molecule has 0 bridgehead atoms. The van der Waals surface area contributed by atoms with E-state index in [-0.39, 0.29) is 30.1 Å². The van der Waals surface area contributed by atoms with E-state index in [1.807, 2.05) is 9.80 Å². The Balaban J connectivity index is 1.33. The van der Waals surface area contributed by atoms with Crippen LogP contribution >= 0.6 is 0 Å². The quantitative estimate of drug-likeness (QED) is 0.741. The highest BCUT2D eigenvalue weighted by Gasteiger charge is 2.37. The van der Waals surface area contributed by atoms with Gasteiger partial charge in [0.2, 0.25) is 5.95 Å². The summed E-state index contributed by atoms with van der Waals surface area (Å²) in [6, 6.07) is 1.99. The predicted octanol–water partition coefficient (Wildman–Crippen LogP) is 2.42. The van der Waals surface area contributed by atoms with Gasteiger partial charge in [-0.3, -0.25) is 4.90 Å². The van der Waals surface area contributed by atoms with Crippen LogP contribution in [0.25, 0.3) is 0 Å². The number of morpholine rings is 1. The number of urea groups is 1. The Hall–Kier alpha value is -2.62. The molecule has 32 heavy (non-hydrogen) atoms. The van der Waals surface area contributed by atoms with Crippen molar-refractivity contribution in [2.75, 3.05) is 56.2 Å². The van der Waals surface area contributed by atoms with Gasteiger partial charge in [-0.15, -0.1) is 0 Å². The largest absolute Gasteiger partial charge is 0.447 e. The highest BCUT2D eigenvalue weighted by atomic mass is 16.6. The van der Waals surface area contributed by atoms with Crippen LogP contribution in [0.5, 0.6) is 0 Å². The van der Waals surface area contributed by atoms with Crippen LogP contribution in [0.2, 0.25) is 0 Å². The van der Waals surface area contributed by atoms with Crippen molar-refractivity contribution in [3.05, 3.63) is 12.3 Å². The first kappa shape index (κ1) is 22.6. The molecular formula is C22H34N6O4. The van der Waals surface area contributed by atoms with Crippen molar-refractivity contribution in [1.29, 1.82) is 0 Å². The molecule has 0 aromatic carbocycles. The molecule has 10 nitrogen and oxygen atoms in total. The summed E-state index contributed by atoms with van der Waals surface area (Å²) in [4.78, 5) is 39.4. The number of piperidine rings is 1. The molecule has 176 valence electrons. The molecule has 3 aliphatic heterocycles. The standard InChI is InChI=1S/C22H34N6O4/c1-15(2)18-14-32-22(30)28(18)19-4-7-23-20(25-19)24-16(3)17-5-8-26(9-6-17)21(29)27-10-12-31-13-11-27/h4,7,15-18H,5-6,8-14H2,1-3H3,(H,23,24,25)/t16-,18?/m0/s1. The van der Waals surface area contributed by atoms with E-state index in [0.29, 0.717) is 50.6 Å². The number of amides is 3.